The molecule has 0 heterocycles. The quantitative estimate of drug-likeness (QED) is 0.800. The highest BCUT2D eigenvalue weighted by atomic mass is 79.9. The van der Waals surface area contributed by atoms with Crippen LogP contribution in [-0.2, 0) is 0 Å². The second-order valence-corrected chi connectivity index (χ2v) is 5.03. The van der Waals surface area contributed by atoms with Crippen molar-refractivity contribution in [2.45, 2.75) is 27.2 Å². The number of rotatable bonds is 5. The van der Waals surface area contributed by atoms with Gasteiger partial charge in [0, 0.05) is 11.0 Å². The van der Waals surface area contributed by atoms with E-state index in [2.05, 4.69) is 66.3 Å². The van der Waals surface area contributed by atoms with Crippen LogP contribution in [0.4, 0.5) is 0 Å². The summed E-state index contributed by atoms with van der Waals surface area (Å²) < 4.78 is 1.18. The van der Waals surface area contributed by atoms with Crippen LogP contribution in [0.2, 0.25) is 0 Å². The van der Waals surface area contributed by atoms with E-state index >= 15 is 0 Å². The summed E-state index contributed by atoms with van der Waals surface area (Å²) in [6.45, 7) is 8.51. The third-order valence-electron chi connectivity index (χ3n) is 2.44. The van der Waals surface area contributed by atoms with E-state index in [0.717, 1.165) is 13.1 Å². The van der Waals surface area contributed by atoms with Crippen LogP contribution >= 0.6 is 15.9 Å². The van der Waals surface area contributed by atoms with Gasteiger partial charge in [0.1, 0.15) is 0 Å². The molecule has 0 atom stereocenters. The Kier molecular flexibility index (Phi) is 5.78. The van der Waals surface area contributed by atoms with Crippen LogP contribution in [0.15, 0.2) is 28.2 Å². The van der Waals surface area contributed by atoms with Gasteiger partial charge in [0.25, 0.3) is 0 Å². The number of benzene rings is 1. The van der Waals surface area contributed by atoms with Gasteiger partial charge in [-0.05, 0) is 44.0 Å². The molecule has 1 aromatic rings. The van der Waals surface area contributed by atoms with Gasteiger partial charge in [-0.1, -0.05) is 46.6 Å². The number of hydrogen-bond acceptors (Lipinski definition) is 1. The summed E-state index contributed by atoms with van der Waals surface area (Å²) in [6, 6.07) is 6.46. The molecular weight excluding hydrogens is 262 g/mol. The van der Waals surface area contributed by atoms with E-state index in [4.69, 9.17) is 0 Å². The van der Waals surface area contributed by atoms with Crippen molar-refractivity contribution in [3.63, 3.8) is 0 Å². The number of halogens is 1. The lowest BCUT2D eigenvalue weighted by Gasteiger charge is -2.04. The van der Waals surface area contributed by atoms with Gasteiger partial charge in [0.15, 0.2) is 0 Å². The fourth-order valence-corrected chi connectivity index (χ4v) is 1.89. The molecule has 0 saturated carbocycles. The average Bonchev–Trinajstić information content (AvgIpc) is 2.24. The molecule has 0 aromatic heterocycles. The maximum absolute atomic E-state index is 3.55. The smallest absolute Gasteiger partial charge is 0.0210 e. The topological polar surface area (TPSA) is 12.0 Å². The summed E-state index contributed by atoms with van der Waals surface area (Å²) in [6.07, 6.45) is 3.41. The van der Waals surface area contributed by atoms with Gasteiger partial charge in [0.2, 0.25) is 0 Å². The highest BCUT2D eigenvalue weighted by Crippen LogP contribution is 2.19. The third-order valence-corrected chi connectivity index (χ3v) is 3.29. The van der Waals surface area contributed by atoms with Gasteiger partial charge >= 0.3 is 0 Å². The molecule has 16 heavy (non-hydrogen) atoms. The van der Waals surface area contributed by atoms with Crippen molar-refractivity contribution in [3.05, 3.63) is 39.4 Å². The SMILES string of the molecule is CCCNC/C(C)=C/c1ccc(C)c(Br)c1. The summed E-state index contributed by atoms with van der Waals surface area (Å²) in [5.41, 5.74) is 3.90. The minimum atomic E-state index is 0.972. The van der Waals surface area contributed by atoms with Crippen molar-refractivity contribution >= 4 is 22.0 Å². The van der Waals surface area contributed by atoms with Gasteiger partial charge in [0.05, 0.1) is 0 Å². The minimum absolute atomic E-state index is 0.972. The first kappa shape index (κ1) is 13.5. The lowest BCUT2D eigenvalue weighted by Crippen LogP contribution is -2.16. The standard InChI is InChI=1S/C14H20BrN/c1-4-7-16-10-11(2)8-13-6-5-12(3)14(15)9-13/h5-6,8-9,16H,4,7,10H2,1-3H3/b11-8+. The predicted octanol–water partition coefficient (Wildman–Crippen LogP) is 4.16. The molecule has 88 valence electrons. The molecule has 0 bridgehead atoms. The maximum Gasteiger partial charge on any atom is 0.0210 e. The van der Waals surface area contributed by atoms with Crippen molar-refractivity contribution in [2.24, 2.45) is 0 Å². The molecule has 0 amide bonds. The molecule has 0 unspecified atom stereocenters. The van der Waals surface area contributed by atoms with Gasteiger partial charge in [-0.15, -0.1) is 0 Å². The lowest BCUT2D eigenvalue weighted by molar-refractivity contribution is 0.715. The van der Waals surface area contributed by atoms with Gasteiger partial charge in [-0.25, -0.2) is 0 Å². The average molecular weight is 282 g/mol. The van der Waals surface area contributed by atoms with Gasteiger partial charge in [-0.2, -0.15) is 0 Å². The highest BCUT2D eigenvalue weighted by Gasteiger charge is 1.96. The van der Waals surface area contributed by atoms with Crippen molar-refractivity contribution < 1.29 is 0 Å². The molecule has 1 rings (SSSR count). The lowest BCUT2D eigenvalue weighted by atomic mass is 10.1. The molecule has 1 nitrogen and oxygen atoms in total. The van der Waals surface area contributed by atoms with Crippen LogP contribution in [0.5, 0.6) is 0 Å². The van der Waals surface area contributed by atoms with E-state index in [9.17, 15) is 0 Å². The van der Waals surface area contributed by atoms with E-state index in [-0.39, 0.29) is 0 Å². The molecule has 0 radical (unpaired) electrons. The molecule has 1 aromatic carbocycles. The summed E-state index contributed by atoms with van der Waals surface area (Å²) in [7, 11) is 0. The first-order valence-electron chi connectivity index (χ1n) is 5.77. The zero-order valence-electron chi connectivity index (χ0n) is 10.3. The molecule has 0 spiro atoms. The normalized spacial score (nSPS) is 11.9. The second kappa shape index (κ2) is 6.87. The monoisotopic (exact) mass is 281 g/mol. The van der Waals surface area contributed by atoms with Crippen LogP contribution in [0.1, 0.15) is 31.4 Å². The fraction of sp³-hybridized carbons (Fsp3) is 0.429. The Bertz CT molecular complexity index is 369. The maximum atomic E-state index is 3.55. The largest absolute Gasteiger partial charge is 0.313 e. The molecule has 0 aliphatic carbocycles. The van der Waals surface area contributed by atoms with Gasteiger partial charge < -0.3 is 5.32 Å². The second-order valence-electron chi connectivity index (χ2n) is 4.18. The number of hydrogen-bond donors (Lipinski definition) is 1. The van der Waals surface area contributed by atoms with E-state index < -0.39 is 0 Å². The first-order chi connectivity index (χ1) is 7.63. The number of nitrogens with one attached hydrogen (secondary N) is 1. The predicted molar refractivity (Wildman–Crippen MR) is 75.7 cm³/mol. The van der Waals surface area contributed by atoms with E-state index in [0.29, 0.717) is 0 Å². The Labute approximate surface area is 107 Å². The summed E-state index contributed by atoms with van der Waals surface area (Å²) in [5, 5.41) is 3.40. The molecular formula is C14H20BrN. The summed E-state index contributed by atoms with van der Waals surface area (Å²) in [5.74, 6) is 0. The zero-order valence-corrected chi connectivity index (χ0v) is 11.9. The van der Waals surface area contributed by atoms with Crippen LogP contribution in [-0.4, -0.2) is 13.1 Å². The number of aryl methyl sites for hydroxylation is 1. The summed E-state index contributed by atoms with van der Waals surface area (Å²) in [4.78, 5) is 0. The third kappa shape index (κ3) is 4.50. The molecule has 1 N–H and O–H groups in total. The van der Waals surface area contributed by atoms with E-state index in [1.807, 2.05) is 0 Å². The molecule has 0 aliphatic heterocycles. The fourth-order valence-electron chi connectivity index (χ4n) is 1.50. The van der Waals surface area contributed by atoms with Crippen LogP contribution < -0.4 is 5.32 Å². The molecule has 0 aliphatic rings. The van der Waals surface area contributed by atoms with Crippen molar-refractivity contribution in [1.82, 2.24) is 5.32 Å². The molecule has 2 heteroatoms. The molecule has 0 fully saturated rings. The highest BCUT2D eigenvalue weighted by molar-refractivity contribution is 9.10. The van der Waals surface area contributed by atoms with E-state index in [1.165, 1.54) is 27.6 Å². The molecule has 0 saturated heterocycles. The van der Waals surface area contributed by atoms with Gasteiger partial charge in [-0.3, -0.25) is 0 Å². The van der Waals surface area contributed by atoms with Crippen molar-refractivity contribution in [1.29, 1.82) is 0 Å². The zero-order chi connectivity index (χ0) is 12.0. The Morgan fingerprint density at radius 1 is 1.44 bits per heavy atom. The Hall–Kier alpha value is -0.600. The van der Waals surface area contributed by atoms with Crippen LogP contribution in [0.3, 0.4) is 0 Å². The van der Waals surface area contributed by atoms with Crippen molar-refractivity contribution in [2.75, 3.05) is 13.1 Å². The first-order valence-corrected chi connectivity index (χ1v) is 6.57. The Balaban J connectivity index is 2.63. The van der Waals surface area contributed by atoms with E-state index in [1.54, 1.807) is 0 Å². The minimum Gasteiger partial charge on any atom is -0.313 e. The van der Waals surface area contributed by atoms with Crippen molar-refractivity contribution in [3.8, 4) is 0 Å². The Morgan fingerprint density at radius 2 is 2.19 bits per heavy atom. The van der Waals surface area contributed by atoms with Crippen LogP contribution in [0.25, 0.3) is 6.08 Å². The Morgan fingerprint density at radius 3 is 2.81 bits per heavy atom. The summed E-state index contributed by atoms with van der Waals surface area (Å²) >= 11 is 3.55. The van der Waals surface area contributed by atoms with Crippen LogP contribution in [0, 0.1) is 6.92 Å².